The van der Waals surface area contributed by atoms with Gasteiger partial charge in [0.1, 0.15) is 12.4 Å². The number of rotatable bonds is 19. The SMILES string of the molecule is CCCCCCCC(=O)CC[C@@H]1[C@@H](C/C=C\CCCC(=O)NCCO[N+](=O)[O-])[C@@H](O)C[C@H]1O. The van der Waals surface area contributed by atoms with E-state index in [0.717, 1.165) is 12.8 Å². The summed E-state index contributed by atoms with van der Waals surface area (Å²) in [4.78, 5) is 38.0. The van der Waals surface area contributed by atoms with Crippen molar-refractivity contribution in [3.8, 4) is 0 Å². The fourth-order valence-electron chi connectivity index (χ4n) is 4.44. The molecular weight excluding hydrogens is 428 g/mol. The molecule has 4 atom stereocenters. The van der Waals surface area contributed by atoms with Crippen molar-refractivity contribution >= 4 is 11.7 Å². The zero-order valence-corrected chi connectivity index (χ0v) is 20.0. The maximum absolute atomic E-state index is 12.2. The molecule has 0 aliphatic heterocycles. The minimum Gasteiger partial charge on any atom is -0.393 e. The number of carbonyl (C=O) groups excluding carboxylic acids is 2. The number of aliphatic hydroxyl groups excluding tert-OH is 2. The predicted octanol–water partition coefficient (Wildman–Crippen LogP) is 3.50. The molecule has 0 aromatic heterocycles. The van der Waals surface area contributed by atoms with Gasteiger partial charge in [0, 0.05) is 25.8 Å². The largest absolute Gasteiger partial charge is 0.393 e. The minimum absolute atomic E-state index is 0.0569. The molecular formula is C24H42N2O7. The molecule has 1 rings (SSSR count). The second-order valence-electron chi connectivity index (χ2n) is 8.95. The molecule has 9 nitrogen and oxygen atoms in total. The smallest absolute Gasteiger partial charge is 0.294 e. The number of Topliss-reactive ketones (excluding diaryl/α,β-unsaturated/α-hetero) is 1. The van der Waals surface area contributed by atoms with E-state index in [0.29, 0.717) is 51.4 Å². The molecule has 190 valence electrons. The van der Waals surface area contributed by atoms with E-state index >= 15 is 0 Å². The Hall–Kier alpha value is -2.00. The highest BCUT2D eigenvalue weighted by atomic mass is 16.9. The van der Waals surface area contributed by atoms with Crippen molar-refractivity contribution in [2.24, 2.45) is 11.8 Å². The van der Waals surface area contributed by atoms with Crippen LogP contribution in [0, 0.1) is 22.0 Å². The molecule has 0 unspecified atom stereocenters. The number of hydrogen-bond acceptors (Lipinski definition) is 7. The number of hydrogen-bond donors (Lipinski definition) is 3. The van der Waals surface area contributed by atoms with Crippen LogP contribution in [-0.2, 0) is 14.4 Å². The number of aliphatic hydroxyl groups is 2. The van der Waals surface area contributed by atoms with Gasteiger partial charge in [0.05, 0.1) is 12.2 Å². The van der Waals surface area contributed by atoms with Crippen molar-refractivity contribution in [2.45, 2.75) is 103 Å². The van der Waals surface area contributed by atoms with Crippen molar-refractivity contribution in [2.75, 3.05) is 13.2 Å². The van der Waals surface area contributed by atoms with Crippen LogP contribution in [0.25, 0.3) is 0 Å². The fraction of sp³-hybridized carbons (Fsp3) is 0.833. The van der Waals surface area contributed by atoms with E-state index < -0.39 is 17.3 Å². The highest BCUT2D eigenvalue weighted by Crippen LogP contribution is 2.38. The van der Waals surface area contributed by atoms with E-state index in [1.807, 2.05) is 12.2 Å². The second-order valence-corrected chi connectivity index (χ2v) is 8.95. The lowest BCUT2D eigenvalue weighted by Crippen LogP contribution is -2.27. The average molecular weight is 471 g/mol. The zero-order valence-electron chi connectivity index (χ0n) is 20.0. The molecule has 3 N–H and O–H groups in total. The van der Waals surface area contributed by atoms with Crippen LogP contribution in [0.3, 0.4) is 0 Å². The molecule has 0 saturated heterocycles. The third-order valence-electron chi connectivity index (χ3n) is 6.31. The van der Waals surface area contributed by atoms with E-state index in [4.69, 9.17) is 0 Å². The molecule has 0 spiro atoms. The minimum atomic E-state index is -0.894. The number of ketones is 1. The first-order valence-corrected chi connectivity index (χ1v) is 12.4. The maximum Gasteiger partial charge on any atom is 0.294 e. The Labute approximate surface area is 197 Å². The molecule has 1 saturated carbocycles. The second kappa shape index (κ2) is 17.5. The Bertz CT molecular complexity index is 612. The molecule has 1 amide bonds. The summed E-state index contributed by atoms with van der Waals surface area (Å²) in [5.74, 6) is -0.0586. The van der Waals surface area contributed by atoms with Crippen molar-refractivity contribution in [3.63, 3.8) is 0 Å². The molecule has 33 heavy (non-hydrogen) atoms. The van der Waals surface area contributed by atoms with E-state index in [-0.39, 0.29) is 36.7 Å². The molecule has 0 bridgehead atoms. The number of amides is 1. The first-order chi connectivity index (χ1) is 15.8. The number of unbranched alkanes of at least 4 members (excludes halogenated alkanes) is 5. The summed E-state index contributed by atoms with van der Waals surface area (Å²) in [6.45, 7) is 2.10. The molecule has 9 heteroatoms. The third-order valence-corrected chi connectivity index (χ3v) is 6.31. The number of carbonyl (C=O) groups is 2. The highest BCUT2D eigenvalue weighted by Gasteiger charge is 2.40. The van der Waals surface area contributed by atoms with Crippen LogP contribution < -0.4 is 5.32 Å². The van der Waals surface area contributed by atoms with Gasteiger partial charge in [-0.3, -0.25) is 9.59 Å². The summed E-state index contributed by atoms with van der Waals surface area (Å²) in [6, 6.07) is 0. The van der Waals surface area contributed by atoms with E-state index in [1.165, 1.54) is 19.3 Å². The van der Waals surface area contributed by atoms with Crippen molar-refractivity contribution in [3.05, 3.63) is 22.3 Å². The van der Waals surface area contributed by atoms with Crippen molar-refractivity contribution < 1.29 is 29.7 Å². The Morgan fingerprint density at radius 2 is 1.76 bits per heavy atom. The van der Waals surface area contributed by atoms with E-state index in [2.05, 4.69) is 17.1 Å². The van der Waals surface area contributed by atoms with Crippen LogP contribution in [-0.4, -0.2) is 52.3 Å². The summed E-state index contributed by atoms with van der Waals surface area (Å²) in [5, 5.41) is 32.4. The summed E-state index contributed by atoms with van der Waals surface area (Å²) in [7, 11) is 0. The van der Waals surface area contributed by atoms with Gasteiger partial charge in [-0.1, -0.05) is 44.8 Å². The lowest BCUT2D eigenvalue weighted by Gasteiger charge is -2.22. The normalized spacial score (nSPS) is 22.5. The van der Waals surface area contributed by atoms with Crippen molar-refractivity contribution in [1.82, 2.24) is 5.32 Å². The third kappa shape index (κ3) is 13.3. The van der Waals surface area contributed by atoms with Gasteiger partial charge in [0.15, 0.2) is 0 Å². The Balaban J connectivity index is 2.24. The van der Waals surface area contributed by atoms with Gasteiger partial charge in [-0.2, -0.15) is 0 Å². The standard InChI is InChI=1S/C24H42N2O7/c1-2-3-4-5-8-11-19(27)14-15-21-20(22(28)18-23(21)29)12-9-6-7-10-13-24(30)25-16-17-33-26(31)32/h6,9,20-23,28-29H,2-5,7-8,10-18H2,1H3,(H,25,30)/b9-6-/t20-,21-,22+,23-/m1/s1. The lowest BCUT2D eigenvalue weighted by molar-refractivity contribution is -0.757. The summed E-state index contributed by atoms with van der Waals surface area (Å²) < 4.78 is 0. The van der Waals surface area contributed by atoms with Crippen LogP contribution in [0.15, 0.2) is 12.2 Å². The number of allylic oxidation sites excluding steroid dienone is 2. The van der Waals surface area contributed by atoms with Gasteiger partial charge in [0.25, 0.3) is 5.09 Å². The van der Waals surface area contributed by atoms with Crippen LogP contribution in [0.2, 0.25) is 0 Å². The average Bonchev–Trinajstić information content (AvgIpc) is 3.04. The monoisotopic (exact) mass is 470 g/mol. The first kappa shape index (κ1) is 29.0. The van der Waals surface area contributed by atoms with Gasteiger partial charge >= 0.3 is 0 Å². The quantitative estimate of drug-likeness (QED) is 0.114. The van der Waals surface area contributed by atoms with Crippen LogP contribution in [0.4, 0.5) is 0 Å². The molecule has 0 heterocycles. The summed E-state index contributed by atoms with van der Waals surface area (Å²) >= 11 is 0. The Morgan fingerprint density at radius 1 is 1.03 bits per heavy atom. The van der Waals surface area contributed by atoms with E-state index in [1.54, 1.807) is 0 Å². The highest BCUT2D eigenvalue weighted by molar-refractivity contribution is 5.78. The van der Waals surface area contributed by atoms with Gasteiger partial charge in [-0.05, 0) is 50.4 Å². The molecule has 0 aromatic carbocycles. The zero-order chi connectivity index (χ0) is 24.5. The van der Waals surface area contributed by atoms with Crippen LogP contribution in [0.1, 0.15) is 90.4 Å². The molecule has 0 aromatic rings. The fourth-order valence-corrected chi connectivity index (χ4v) is 4.44. The number of nitrogens with zero attached hydrogens (tertiary/aromatic N) is 1. The van der Waals surface area contributed by atoms with Crippen LogP contribution in [0.5, 0.6) is 0 Å². The van der Waals surface area contributed by atoms with Gasteiger partial charge < -0.3 is 20.4 Å². The predicted molar refractivity (Wildman–Crippen MR) is 125 cm³/mol. The van der Waals surface area contributed by atoms with Crippen molar-refractivity contribution in [1.29, 1.82) is 0 Å². The lowest BCUT2D eigenvalue weighted by atomic mass is 9.86. The Morgan fingerprint density at radius 3 is 2.48 bits per heavy atom. The van der Waals surface area contributed by atoms with Gasteiger partial charge in [-0.15, -0.1) is 10.1 Å². The van der Waals surface area contributed by atoms with Gasteiger partial charge in [0.2, 0.25) is 5.91 Å². The van der Waals surface area contributed by atoms with Crippen LogP contribution >= 0.6 is 0 Å². The van der Waals surface area contributed by atoms with E-state index in [9.17, 15) is 29.9 Å². The number of nitrogens with one attached hydrogen (secondary N) is 1. The summed E-state index contributed by atoms with van der Waals surface area (Å²) in [6.07, 6.45) is 12.8. The topological polar surface area (TPSA) is 139 Å². The first-order valence-electron chi connectivity index (χ1n) is 12.4. The Kier molecular flexibility index (Phi) is 15.4. The summed E-state index contributed by atoms with van der Waals surface area (Å²) in [5.41, 5.74) is 0. The molecule has 1 fully saturated rings. The molecule has 0 radical (unpaired) electrons. The maximum atomic E-state index is 12.2. The molecule has 1 aliphatic carbocycles. The van der Waals surface area contributed by atoms with Gasteiger partial charge in [-0.25, -0.2) is 0 Å². The molecule has 1 aliphatic rings.